The number of hydrogen-bond donors (Lipinski definition) is 0. The molecule has 0 aliphatic carbocycles. The molecule has 25 heavy (non-hydrogen) atoms. The van der Waals surface area contributed by atoms with Crippen molar-refractivity contribution in [3.63, 3.8) is 0 Å². The first kappa shape index (κ1) is 17.0. The van der Waals surface area contributed by atoms with E-state index >= 15 is 0 Å². The second-order valence-electron chi connectivity index (χ2n) is 6.02. The van der Waals surface area contributed by atoms with Gasteiger partial charge in [0.25, 0.3) is 0 Å². The molecule has 0 saturated carbocycles. The number of carbonyl (C=O) groups is 1. The number of hydrogen-bond acceptors (Lipinski definition) is 2. The summed E-state index contributed by atoms with van der Waals surface area (Å²) >= 11 is 0. The standard InChI is InChI=1S/C23H22O2/c1-2-3-14-25-22-11-7-10-20(16-22)23-13-12-19(15-21(23)17-24)18-8-5-4-6-9-18/h4-13,15-17H,2-3,14H2,1H3. The van der Waals surface area contributed by atoms with Gasteiger partial charge in [-0.2, -0.15) is 0 Å². The molecule has 3 aromatic carbocycles. The van der Waals surface area contributed by atoms with Gasteiger partial charge in [-0.05, 0) is 46.9 Å². The van der Waals surface area contributed by atoms with Crippen LogP contribution >= 0.6 is 0 Å². The fraction of sp³-hybridized carbons (Fsp3) is 0.174. The molecule has 2 heteroatoms. The fourth-order valence-corrected chi connectivity index (χ4v) is 2.82. The maximum atomic E-state index is 11.6. The second-order valence-corrected chi connectivity index (χ2v) is 6.02. The van der Waals surface area contributed by atoms with Crippen LogP contribution in [0.3, 0.4) is 0 Å². The zero-order chi connectivity index (χ0) is 17.5. The van der Waals surface area contributed by atoms with Crippen LogP contribution in [0.5, 0.6) is 5.75 Å². The highest BCUT2D eigenvalue weighted by atomic mass is 16.5. The van der Waals surface area contributed by atoms with Crippen molar-refractivity contribution in [2.24, 2.45) is 0 Å². The molecule has 3 aromatic rings. The molecule has 0 aromatic heterocycles. The van der Waals surface area contributed by atoms with Gasteiger partial charge in [-0.3, -0.25) is 4.79 Å². The Labute approximate surface area is 149 Å². The first-order chi connectivity index (χ1) is 12.3. The van der Waals surface area contributed by atoms with E-state index in [1.54, 1.807) is 0 Å². The quantitative estimate of drug-likeness (QED) is 0.391. The van der Waals surface area contributed by atoms with Gasteiger partial charge in [0.1, 0.15) is 5.75 Å². The fourth-order valence-electron chi connectivity index (χ4n) is 2.82. The Balaban J connectivity index is 1.92. The lowest BCUT2D eigenvalue weighted by molar-refractivity contribution is 0.112. The summed E-state index contributed by atoms with van der Waals surface area (Å²) in [4.78, 5) is 11.6. The van der Waals surface area contributed by atoms with Crippen LogP contribution in [0.25, 0.3) is 22.3 Å². The smallest absolute Gasteiger partial charge is 0.150 e. The van der Waals surface area contributed by atoms with Crippen molar-refractivity contribution < 1.29 is 9.53 Å². The largest absolute Gasteiger partial charge is 0.494 e. The lowest BCUT2D eigenvalue weighted by Gasteiger charge is -2.11. The molecule has 0 unspecified atom stereocenters. The molecule has 0 N–H and O–H groups in total. The van der Waals surface area contributed by atoms with Gasteiger partial charge in [0, 0.05) is 5.56 Å². The van der Waals surface area contributed by atoms with Gasteiger partial charge in [0.05, 0.1) is 6.61 Å². The molecular formula is C23H22O2. The molecule has 0 amide bonds. The molecule has 0 bridgehead atoms. The first-order valence-electron chi connectivity index (χ1n) is 8.69. The Morgan fingerprint density at radius 1 is 0.840 bits per heavy atom. The van der Waals surface area contributed by atoms with E-state index < -0.39 is 0 Å². The normalized spacial score (nSPS) is 10.4. The maximum absolute atomic E-state index is 11.6. The topological polar surface area (TPSA) is 26.3 Å². The van der Waals surface area contributed by atoms with Crippen molar-refractivity contribution in [2.45, 2.75) is 19.8 Å². The predicted molar refractivity (Wildman–Crippen MR) is 103 cm³/mol. The molecule has 0 atom stereocenters. The van der Waals surface area contributed by atoms with Crippen LogP contribution in [0.4, 0.5) is 0 Å². The summed E-state index contributed by atoms with van der Waals surface area (Å²) in [6.07, 6.45) is 3.07. The Hall–Kier alpha value is -2.87. The zero-order valence-electron chi connectivity index (χ0n) is 14.4. The molecule has 126 valence electrons. The number of rotatable bonds is 7. The van der Waals surface area contributed by atoms with Gasteiger partial charge in [0.15, 0.2) is 6.29 Å². The third-order valence-corrected chi connectivity index (χ3v) is 4.20. The summed E-state index contributed by atoms with van der Waals surface area (Å²) in [5.74, 6) is 0.843. The van der Waals surface area contributed by atoms with Crippen LogP contribution in [-0.2, 0) is 0 Å². The molecule has 0 fully saturated rings. The van der Waals surface area contributed by atoms with E-state index in [0.717, 1.165) is 47.1 Å². The third kappa shape index (κ3) is 4.16. The number of carbonyl (C=O) groups excluding carboxylic acids is 1. The molecule has 0 heterocycles. The van der Waals surface area contributed by atoms with Crippen molar-refractivity contribution in [1.82, 2.24) is 0 Å². The van der Waals surface area contributed by atoms with E-state index in [1.165, 1.54) is 0 Å². The van der Waals surface area contributed by atoms with E-state index in [0.29, 0.717) is 12.2 Å². The first-order valence-corrected chi connectivity index (χ1v) is 8.69. The number of aldehydes is 1. The molecular weight excluding hydrogens is 308 g/mol. The van der Waals surface area contributed by atoms with Crippen molar-refractivity contribution >= 4 is 6.29 Å². The molecule has 0 saturated heterocycles. The van der Waals surface area contributed by atoms with Crippen LogP contribution in [0.15, 0.2) is 72.8 Å². The number of ether oxygens (including phenoxy) is 1. The van der Waals surface area contributed by atoms with Crippen LogP contribution in [-0.4, -0.2) is 12.9 Å². The van der Waals surface area contributed by atoms with Crippen LogP contribution in [0.1, 0.15) is 30.1 Å². The summed E-state index contributed by atoms with van der Waals surface area (Å²) in [5.41, 5.74) is 4.76. The predicted octanol–water partition coefficient (Wildman–Crippen LogP) is 6.01. The summed E-state index contributed by atoms with van der Waals surface area (Å²) in [6, 6.07) is 24.0. The molecule has 3 rings (SSSR count). The van der Waals surface area contributed by atoms with E-state index in [1.807, 2.05) is 66.7 Å². The van der Waals surface area contributed by atoms with Crippen molar-refractivity contribution in [3.8, 4) is 28.0 Å². The maximum Gasteiger partial charge on any atom is 0.150 e. The minimum Gasteiger partial charge on any atom is -0.494 e. The lowest BCUT2D eigenvalue weighted by atomic mass is 9.95. The van der Waals surface area contributed by atoms with Gasteiger partial charge >= 0.3 is 0 Å². The van der Waals surface area contributed by atoms with Crippen LogP contribution in [0, 0.1) is 0 Å². The molecule has 0 radical (unpaired) electrons. The number of unbranched alkanes of at least 4 members (excludes halogenated alkanes) is 1. The van der Waals surface area contributed by atoms with E-state index in [4.69, 9.17) is 4.74 Å². The van der Waals surface area contributed by atoms with Crippen molar-refractivity contribution in [2.75, 3.05) is 6.61 Å². The van der Waals surface area contributed by atoms with Gasteiger partial charge in [-0.15, -0.1) is 0 Å². The SMILES string of the molecule is CCCCOc1cccc(-c2ccc(-c3ccccc3)cc2C=O)c1. The van der Waals surface area contributed by atoms with E-state index in [2.05, 4.69) is 13.0 Å². The third-order valence-electron chi connectivity index (χ3n) is 4.20. The van der Waals surface area contributed by atoms with Crippen LogP contribution < -0.4 is 4.74 Å². The van der Waals surface area contributed by atoms with Gasteiger partial charge in [0.2, 0.25) is 0 Å². The number of benzene rings is 3. The minimum absolute atomic E-state index is 0.687. The average molecular weight is 330 g/mol. The van der Waals surface area contributed by atoms with Crippen LogP contribution in [0.2, 0.25) is 0 Å². The van der Waals surface area contributed by atoms with E-state index in [-0.39, 0.29) is 0 Å². The Morgan fingerprint density at radius 3 is 2.40 bits per heavy atom. The Bertz CT molecular complexity index is 838. The molecule has 2 nitrogen and oxygen atoms in total. The zero-order valence-corrected chi connectivity index (χ0v) is 14.4. The minimum atomic E-state index is 0.687. The van der Waals surface area contributed by atoms with Crippen molar-refractivity contribution in [3.05, 3.63) is 78.4 Å². The average Bonchev–Trinajstić information content (AvgIpc) is 2.68. The summed E-state index contributed by atoms with van der Waals surface area (Å²) in [7, 11) is 0. The molecule has 0 aliphatic heterocycles. The van der Waals surface area contributed by atoms with Gasteiger partial charge in [-0.1, -0.05) is 67.9 Å². The van der Waals surface area contributed by atoms with E-state index in [9.17, 15) is 4.79 Å². The van der Waals surface area contributed by atoms with Gasteiger partial charge in [-0.25, -0.2) is 0 Å². The Morgan fingerprint density at radius 2 is 1.64 bits per heavy atom. The monoisotopic (exact) mass is 330 g/mol. The second kappa shape index (κ2) is 8.29. The summed E-state index contributed by atoms with van der Waals surface area (Å²) < 4.78 is 5.79. The Kier molecular flexibility index (Phi) is 5.63. The molecule has 0 spiro atoms. The molecule has 0 aliphatic rings. The van der Waals surface area contributed by atoms with Gasteiger partial charge < -0.3 is 4.74 Å². The summed E-state index contributed by atoms with van der Waals surface area (Å²) in [5, 5.41) is 0. The summed E-state index contributed by atoms with van der Waals surface area (Å²) in [6.45, 7) is 2.86. The highest BCUT2D eigenvalue weighted by Gasteiger charge is 2.08. The highest BCUT2D eigenvalue weighted by molar-refractivity contribution is 5.90. The highest BCUT2D eigenvalue weighted by Crippen LogP contribution is 2.30. The lowest BCUT2D eigenvalue weighted by Crippen LogP contribution is -1.96. The van der Waals surface area contributed by atoms with Crippen molar-refractivity contribution in [1.29, 1.82) is 0 Å².